The van der Waals surface area contributed by atoms with Crippen molar-refractivity contribution in [1.82, 2.24) is 4.98 Å². The Labute approximate surface area is 144 Å². The first-order valence-corrected chi connectivity index (χ1v) is 7.74. The number of rotatable bonds is 4. The highest BCUT2D eigenvalue weighted by Crippen LogP contribution is 2.34. The summed E-state index contributed by atoms with van der Waals surface area (Å²) >= 11 is 1.30. The number of phenolic OH excluding ortho intramolecular Hbond substituents is 1. The van der Waals surface area contributed by atoms with E-state index in [1.807, 2.05) is 25.1 Å². The molecule has 3 aromatic rings. The Hall–Kier alpha value is -3.40. The summed E-state index contributed by atoms with van der Waals surface area (Å²) < 4.78 is 0.918. The molecule has 1 N–H and O–H groups in total. The monoisotopic (exact) mass is 358 g/mol. The van der Waals surface area contributed by atoms with Crippen LogP contribution in [-0.4, -0.2) is 26.2 Å². The molecule has 0 aliphatic rings. The number of non-ortho nitro benzene ring substituents is 1. The molecule has 0 aliphatic carbocycles. The number of benzene rings is 2. The van der Waals surface area contributed by atoms with Gasteiger partial charge in [0.25, 0.3) is 5.69 Å². The lowest BCUT2D eigenvalue weighted by atomic mass is 10.1. The molecule has 126 valence electrons. The van der Waals surface area contributed by atoms with Crippen LogP contribution in [0, 0.1) is 27.2 Å². The Morgan fingerprint density at radius 3 is 2.64 bits per heavy atom. The Bertz CT molecular complexity index is 1040. The number of aromatic hydroxyl groups is 1. The van der Waals surface area contributed by atoms with Gasteiger partial charge < -0.3 is 5.11 Å². The van der Waals surface area contributed by atoms with Crippen molar-refractivity contribution in [3.8, 4) is 5.75 Å². The molecule has 9 nitrogen and oxygen atoms in total. The summed E-state index contributed by atoms with van der Waals surface area (Å²) in [5.74, 6) is -0.684. The Kier molecular flexibility index (Phi) is 4.11. The second-order valence-corrected chi connectivity index (χ2v) is 6.15. The third kappa shape index (κ3) is 3.28. The molecule has 0 bridgehead atoms. The van der Waals surface area contributed by atoms with Crippen molar-refractivity contribution in [1.29, 1.82) is 0 Å². The quantitative estimate of drug-likeness (QED) is 0.427. The van der Waals surface area contributed by atoms with Crippen LogP contribution in [0.3, 0.4) is 0 Å². The van der Waals surface area contributed by atoms with Crippen molar-refractivity contribution >= 4 is 44.3 Å². The second-order valence-electron chi connectivity index (χ2n) is 5.14. The van der Waals surface area contributed by atoms with E-state index in [2.05, 4.69) is 9.98 Å². The van der Waals surface area contributed by atoms with Crippen molar-refractivity contribution in [2.75, 3.05) is 0 Å². The smallest absolute Gasteiger partial charge is 0.318 e. The number of hydrogen-bond donors (Lipinski definition) is 1. The van der Waals surface area contributed by atoms with E-state index >= 15 is 0 Å². The molecule has 0 radical (unpaired) electrons. The summed E-state index contributed by atoms with van der Waals surface area (Å²) in [5, 5.41) is 32.2. The third-order valence-corrected chi connectivity index (χ3v) is 4.28. The van der Waals surface area contributed by atoms with Crippen molar-refractivity contribution in [2.24, 2.45) is 4.99 Å². The molecule has 2 aromatic carbocycles. The summed E-state index contributed by atoms with van der Waals surface area (Å²) in [6.07, 6.45) is 1.12. The molecule has 0 spiro atoms. The fourth-order valence-corrected chi connectivity index (χ4v) is 3.08. The van der Waals surface area contributed by atoms with Crippen LogP contribution >= 0.6 is 11.3 Å². The molecule has 0 unspecified atom stereocenters. The van der Waals surface area contributed by atoms with Crippen LogP contribution in [0.5, 0.6) is 5.75 Å². The van der Waals surface area contributed by atoms with Gasteiger partial charge in [0.1, 0.15) is 0 Å². The number of phenols is 1. The van der Waals surface area contributed by atoms with Crippen LogP contribution in [0.4, 0.5) is 16.5 Å². The van der Waals surface area contributed by atoms with Crippen molar-refractivity contribution in [2.45, 2.75) is 6.92 Å². The molecule has 0 fully saturated rings. The molecule has 3 rings (SSSR count). The molecule has 1 aromatic heterocycles. The maximum Gasteiger partial charge on any atom is 0.318 e. The lowest BCUT2D eigenvalue weighted by Crippen LogP contribution is -1.96. The normalized spacial score (nSPS) is 11.2. The maximum atomic E-state index is 10.9. The van der Waals surface area contributed by atoms with E-state index in [1.54, 1.807) is 0 Å². The Morgan fingerprint density at radius 2 is 1.96 bits per heavy atom. The lowest BCUT2D eigenvalue weighted by Gasteiger charge is -2.00. The van der Waals surface area contributed by atoms with E-state index in [1.165, 1.54) is 11.3 Å². The van der Waals surface area contributed by atoms with Gasteiger partial charge in [-0.1, -0.05) is 17.4 Å². The minimum absolute atomic E-state index is 0.128. The molecule has 0 atom stereocenters. The zero-order valence-corrected chi connectivity index (χ0v) is 13.6. The fourth-order valence-electron chi connectivity index (χ4n) is 2.17. The number of nitrogens with zero attached hydrogens (tertiary/aromatic N) is 4. The summed E-state index contributed by atoms with van der Waals surface area (Å²) in [7, 11) is 0. The number of aryl methyl sites for hydroxylation is 1. The van der Waals surface area contributed by atoms with Gasteiger partial charge in [-0.15, -0.1) is 0 Å². The van der Waals surface area contributed by atoms with Crippen LogP contribution in [0.1, 0.15) is 11.1 Å². The van der Waals surface area contributed by atoms with Crippen molar-refractivity contribution in [3.63, 3.8) is 0 Å². The topological polar surface area (TPSA) is 132 Å². The van der Waals surface area contributed by atoms with Gasteiger partial charge in [-0.3, -0.25) is 20.2 Å². The van der Waals surface area contributed by atoms with Crippen LogP contribution in [0.2, 0.25) is 0 Å². The highest BCUT2D eigenvalue weighted by Gasteiger charge is 2.23. The Balaban J connectivity index is 2.04. The largest absolute Gasteiger partial charge is 0.502 e. The number of aliphatic imine (C=N–C) groups is 1. The van der Waals surface area contributed by atoms with E-state index in [9.17, 15) is 25.3 Å². The van der Waals surface area contributed by atoms with Crippen molar-refractivity contribution in [3.05, 3.63) is 61.7 Å². The summed E-state index contributed by atoms with van der Waals surface area (Å²) in [5.41, 5.74) is 0.424. The molecule has 0 amide bonds. The van der Waals surface area contributed by atoms with E-state index in [0.29, 0.717) is 11.2 Å². The summed E-state index contributed by atoms with van der Waals surface area (Å²) in [6, 6.07) is 7.42. The zero-order valence-electron chi connectivity index (χ0n) is 12.7. The summed E-state index contributed by atoms with van der Waals surface area (Å²) in [6.45, 7) is 1.95. The average molecular weight is 358 g/mol. The first-order chi connectivity index (χ1) is 11.8. The number of thiazole rings is 1. The molecule has 0 aliphatic heterocycles. The maximum absolute atomic E-state index is 10.9. The molecule has 10 heteroatoms. The van der Waals surface area contributed by atoms with E-state index in [-0.39, 0.29) is 5.56 Å². The van der Waals surface area contributed by atoms with Gasteiger partial charge in [-0.2, -0.15) is 0 Å². The molecule has 1 heterocycles. The number of fused-ring (bicyclic) bond motifs is 1. The Morgan fingerprint density at radius 1 is 1.20 bits per heavy atom. The van der Waals surface area contributed by atoms with Gasteiger partial charge in [0.15, 0.2) is 0 Å². The van der Waals surface area contributed by atoms with E-state index < -0.39 is 27.0 Å². The number of nitro benzene ring substituents is 2. The highest BCUT2D eigenvalue weighted by atomic mass is 32.1. The molecular weight excluding hydrogens is 348 g/mol. The molecular formula is C15H10N4O5S. The van der Waals surface area contributed by atoms with Crippen LogP contribution < -0.4 is 0 Å². The SMILES string of the molecule is Cc1ccc2nc(/N=C/c3cc([N+](=O)[O-])cc([N+](=O)[O-])c3O)sc2c1. The van der Waals surface area contributed by atoms with Crippen LogP contribution in [0.15, 0.2) is 35.3 Å². The van der Waals surface area contributed by atoms with Gasteiger partial charge in [0.05, 0.1) is 26.1 Å². The standard InChI is InChI=1S/C15H10N4O5S/c1-8-2-3-11-13(4-8)25-15(17-11)16-7-9-5-10(18(21)22)6-12(14(9)20)19(23)24/h2-7,20H,1H3/b16-7+. The van der Waals surface area contributed by atoms with Crippen LogP contribution in [0.25, 0.3) is 10.2 Å². The first kappa shape index (κ1) is 16.5. The molecule has 0 saturated carbocycles. The fraction of sp³-hybridized carbons (Fsp3) is 0.0667. The lowest BCUT2D eigenvalue weighted by molar-refractivity contribution is -0.394. The van der Waals surface area contributed by atoms with E-state index in [4.69, 9.17) is 0 Å². The molecule has 25 heavy (non-hydrogen) atoms. The predicted octanol–water partition coefficient (Wildman–Crippen LogP) is 3.88. The van der Waals surface area contributed by atoms with Gasteiger partial charge in [0.2, 0.25) is 10.9 Å². The number of hydrogen-bond acceptors (Lipinski definition) is 8. The average Bonchev–Trinajstić information content (AvgIpc) is 2.95. The van der Waals surface area contributed by atoms with Gasteiger partial charge in [0, 0.05) is 17.8 Å². The minimum Gasteiger partial charge on any atom is -0.502 e. The van der Waals surface area contributed by atoms with Gasteiger partial charge in [-0.25, -0.2) is 9.98 Å². The predicted molar refractivity (Wildman–Crippen MR) is 93.0 cm³/mol. The molecule has 0 saturated heterocycles. The van der Waals surface area contributed by atoms with Gasteiger partial charge >= 0.3 is 5.69 Å². The highest BCUT2D eigenvalue weighted by molar-refractivity contribution is 7.22. The zero-order chi connectivity index (χ0) is 18.1. The summed E-state index contributed by atoms with van der Waals surface area (Å²) in [4.78, 5) is 28.6. The van der Waals surface area contributed by atoms with E-state index in [0.717, 1.165) is 28.1 Å². The number of nitro groups is 2. The third-order valence-electron chi connectivity index (χ3n) is 3.36. The van der Waals surface area contributed by atoms with Gasteiger partial charge in [-0.05, 0) is 24.6 Å². The van der Waals surface area contributed by atoms with Crippen molar-refractivity contribution < 1.29 is 15.0 Å². The minimum atomic E-state index is -0.889. The second kappa shape index (κ2) is 6.24. The number of aromatic nitrogens is 1. The van der Waals surface area contributed by atoms with Crippen LogP contribution in [-0.2, 0) is 0 Å². The first-order valence-electron chi connectivity index (χ1n) is 6.92.